The zero-order valence-corrected chi connectivity index (χ0v) is 8.93. The number of nitrogen functional groups attached to an aromatic ring is 1. The molecular formula is C10H14N2O5. The van der Waals surface area contributed by atoms with Gasteiger partial charge in [0, 0.05) is 18.0 Å². The van der Waals surface area contributed by atoms with E-state index in [0.29, 0.717) is 5.69 Å². The van der Waals surface area contributed by atoms with Crippen molar-refractivity contribution in [2.24, 2.45) is 0 Å². The third-order valence-corrected chi connectivity index (χ3v) is 2.76. The molecule has 0 unspecified atom stereocenters. The van der Waals surface area contributed by atoms with E-state index in [4.69, 9.17) is 15.6 Å². The smallest absolute Gasteiger partial charge is 0.254 e. The topological polar surface area (TPSA) is 118 Å². The molecule has 0 saturated carbocycles. The third-order valence-electron chi connectivity index (χ3n) is 2.76. The van der Waals surface area contributed by atoms with E-state index in [1.165, 1.54) is 18.3 Å². The lowest BCUT2D eigenvalue weighted by Gasteiger charge is -2.17. The molecule has 7 heteroatoms. The second-order valence-corrected chi connectivity index (χ2v) is 3.93. The van der Waals surface area contributed by atoms with E-state index in [2.05, 4.69) is 0 Å². The first-order chi connectivity index (χ1) is 8.04. The summed E-state index contributed by atoms with van der Waals surface area (Å²) in [6.45, 7) is -0.432. The van der Waals surface area contributed by atoms with Crippen molar-refractivity contribution in [3.63, 3.8) is 0 Å². The molecule has 94 valence electrons. The molecule has 1 aromatic heterocycles. The van der Waals surface area contributed by atoms with Crippen molar-refractivity contribution in [1.29, 1.82) is 0 Å². The molecule has 0 bridgehead atoms. The molecule has 1 aliphatic rings. The van der Waals surface area contributed by atoms with Gasteiger partial charge in [0.15, 0.2) is 6.23 Å². The second kappa shape index (κ2) is 4.46. The predicted molar refractivity (Wildman–Crippen MR) is 58.1 cm³/mol. The second-order valence-electron chi connectivity index (χ2n) is 3.93. The van der Waals surface area contributed by atoms with Gasteiger partial charge < -0.3 is 25.8 Å². The molecule has 2 heterocycles. The maximum absolute atomic E-state index is 11.6. The Kier molecular flexibility index (Phi) is 3.16. The van der Waals surface area contributed by atoms with E-state index in [-0.39, 0.29) is 0 Å². The van der Waals surface area contributed by atoms with Crippen LogP contribution in [0, 0.1) is 0 Å². The number of rotatable bonds is 2. The van der Waals surface area contributed by atoms with Gasteiger partial charge in [-0.2, -0.15) is 0 Å². The first-order valence-electron chi connectivity index (χ1n) is 5.14. The summed E-state index contributed by atoms with van der Waals surface area (Å²) in [4.78, 5) is 11.6. The van der Waals surface area contributed by atoms with E-state index >= 15 is 0 Å². The quantitative estimate of drug-likeness (QED) is 0.478. The van der Waals surface area contributed by atoms with Crippen molar-refractivity contribution in [3.8, 4) is 0 Å². The van der Waals surface area contributed by atoms with Crippen molar-refractivity contribution in [2.45, 2.75) is 24.5 Å². The maximum atomic E-state index is 11.6. The van der Waals surface area contributed by atoms with Gasteiger partial charge in [-0.3, -0.25) is 9.36 Å². The van der Waals surface area contributed by atoms with Gasteiger partial charge in [0.25, 0.3) is 5.56 Å². The van der Waals surface area contributed by atoms with Gasteiger partial charge in [-0.05, 0) is 6.07 Å². The van der Waals surface area contributed by atoms with Crippen LogP contribution in [0.4, 0.5) is 5.69 Å². The Morgan fingerprint density at radius 3 is 2.65 bits per heavy atom. The number of hydrogen-bond donors (Lipinski definition) is 4. The minimum absolute atomic E-state index is 0.304. The fraction of sp³-hybridized carbons (Fsp3) is 0.500. The van der Waals surface area contributed by atoms with Crippen LogP contribution in [0.15, 0.2) is 23.1 Å². The number of aromatic nitrogens is 1. The molecule has 2 rings (SSSR count). The van der Waals surface area contributed by atoms with E-state index in [0.717, 1.165) is 4.57 Å². The highest BCUT2D eigenvalue weighted by Crippen LogP contribution is 2.28. The molecule has 4 atom stereocenters. The highest BCUT2D eigenvalue weighted by molar-refractivity contribution is 5.34. The first-order valence-corrected chi connectivity index (χ1v) is 5.14. The van der Waals surface area contributed by atoms with E-state index in [1.54, 1.807) is 0 Å². The van der Waals surface area contributed by atoms with Gasteiger partial charge in [0.05, 0.1) is 6.61 Å². The molecule has 0 aromatic carbocycles. The van der Waals surface area contributed by atoms with Gasteiger partial charge >= 0.3 is 0 Å². The normalized spacial score (nSPS) is 32.9. The Morgan fingerprint density at radius 1 is 1.41 bits per heavy atom. The van der Waals surface area contributed by atoms with Gasteiger partial charge in [-0.1, -0.05) is 0 Å². The van der Waals surface area contributed by atoms with Crippen LogP contribution in [-0.2, 0) is 4.74 Å². The first kappa shape index (κ1) is 12.1. The largest absolute Gasteiger partial charge is 0.399 e. The van der Waals surface area contributed by atoms with Gasteiger partial charge in [-0.15, -0.1) is 0 Å². The number of aliphatic hydroxyl groups excluding tert-OH is 3. The molecule has 0 spiro atoms. The molecule has 1 saturated heterocycles. The van der Waals surface area contributed by atoms with Crippen LogP contribution in [0.5, 0.6) is 0 Å². The van der Waals surface area contributed by atoms with Gasteiger partial charge in [-0.25, -0.2) is 0 Å². The Balaban J connectivity index is 2.32. The lowest BCUT2D eigenvalue weighted by molar-refractivity contribution is -0.0543. The predicted octanol–water partition coefficient (Wildman–Crippen LogP) is -1.96. The number of nitrogens with two attached hydrogens (primary N) is 1. The van der Waals surface area contributed by atoms with Crippen molar-refractivity contribution in [1.82, 2.24) is 4.57 Å². The van der Waals surface area contributed by atoms with Crippen molar-refractivity contribution in [3.05, 3.63) is 28.7 Å². The maximum Gasteiger partial charge on any atom is 0.254 e. The molecule has 17 heavy (non-hydrogen) atoms. The Labute approximate surface area is 96.7 Å². The summed E-state index contributed by atoms with van der Waals surface area (Å²) in [5, 5.41) is 28.2. The Bertz CT molecular complexity index is 460. The van der Waals surface area contributed by atoms with Crippen LogP contribution in [0.2, 0.25) is 0 Å². The van der Waals surface area contributed by atoms with E-state index in [9.17, 15) is 15.0 Å². The summed E-state index contributed by atoms with van der Waals surface area (Å²) in [6, 6.07) is 2.67. The highest BCUT2D eigenvalue weighted by Gasteiger charge is 2.43. The molecule has 0 amide bonds. The lowest BCUT2D eigenvalue weighted by Crippen LogP contribution is -2.35. The zero-order valence-electron chi connectivity index (χ0n) is 8.93. The summed E-state index contributed by atoms with van der Waals surface area (Å²) in [7, 11) is 0. The van der Waals surface area contributed by atoms with Crippen molar-refractivity contribution in [2.75, 3.05) is 12.3 Å². The summed E-state index contributed by atoms with van der Waals surface area (Å²) in [5.41, 5.74) is 5.29. The lowest BCUT2D eigenvalue weighted by atomic mass is 10.1. The zero-order chi connectivity index (χ0) is 12.6. The number of aliphatic hydroxyl groups is 3. The van der Waals surface area contributed by atoms with Gasteiger partial charge in [0.2, 0.25) is 0 Å². The molecule has 7 nitrogen and oxygen atoms in total. The summed E-state index contributed by atoms with van der Waals surface area (Å²) in [5.74, 6) is 0. The molecular weight excluding hydrogens is 228 g/mol. The van der Waals surface area contributed by atoms with Crippen LogP contribution in [0.1, 0.15) is 6.23 Å². The monoisotopic (exact) mass is 242 g/mol. The average Bonchev–Trinajstić information content (AvgIpc) is 2.57. The Hall–Kier alpha value is -1.41. The SMILES string of the molecule is Nc1ccn([C@H]2O[C@@H](CO)[C@@H](O)[C@H]2O)c(=O)c1. The minimum atomic E-state index is -1.27. The van der Waals surface area contributed by atoms with Crippen LogP contribution in [-0.4, -0.2) is 44.8 Å². The van der Waals surface area contributed by atoms with Crippen LogP contribution < -0.4 is 11.3 Å². The molecule has 1 aliphatic heterocycles. The van der Waals surface area contributed by atoms with Crippen LogP contribution >= 0.6 is 0 Å². The number of ether oxygens (including phenoxy) is 1. The van der Waals surface area contributed by atoms with Crippen molar-refractivity contribution < 1.29 is 20.1 Å². The van der Waals surface area contributed by atoms with Crippen LogP contribution in [0.25, 0.3) is 0 Å². The minimum Gasteiger partial charge on any atom is -0.399 e. The Morgan fingerprint density at radius 2 is 2.12 bits per heavy atom. The number of hydrogen-bond acceptors (Lipinski definition) is 6. The van der Waals surface area contributed by atoms with Gasteiger partial charge in [0.1, 0.15) is 18.3 Å². The summed E-state index contributed by atoms with van der Waals surface area (Å²) in [6.07, 6.45) is -3.05. The standard InChI is InChI=1S/C10H14N2O5/c11-5-1-2-12(7(14)3-5)10-9(16)8(15)6(4-13)17-10/h1-3,6,8-10,13,15-16H,4,11H2/t6-,8+,9+,10-/m0/s1. The molecule has 1 fully saturated rings. The fourth-order valence-electron chi connectivity index (χ4n) is 1.83. The van der Waals surface area contributed by atoms with E-state index in [1.807, 2.05) is 0 Å². The van der Waals surface area contributed by atoms with Crippen molar-refractivity contribution >= 4 is 5.69 Å². The van der Waals surface area contributed by atoms with E-state index < -0.39 is 36.7 Å². The highest BCUT2D eigenvalue weighted by atomic mass is 16.6. The number of pyridine rings is 1. The third kappa shape index (κ3) is 2.05. The number of nitrogens with zero attached hydrogens (tertiary/aromatic N) is 1. The average molecular weight is 242 g/mol. The molecule has 0 radical (unpaired) electrons. The van der Waals surface area contributed by atoms with Crippen LogP contribution in [0.3, 0.4) is 0 Å². The number of anilines is 1. The fourth-order valence-corrected chi connectivity index (χ4v) is 1.83. The molecule has 0 aliphatic carbocycles. The summed E-state index contributed by atoms with van der Waals surface area (Å²) >= 11 is 0. The molecule has 1 aromatic rings. The molecule has 5 N–H and O–H groups in total. The summed E-state index contributed by atoms with van der Waals surface area (Å²) < 4.78 is 6.34.